The second-order valence-corrected chi connectivity index (χ2v) is 17.1. The highest BCUT2D eigenvalue weighted by Gasteiger charge is 2.45. The van der Waals surface area contributed by atoms with Crippen molar-refractivity contribution in [3.05, 3.63) is 35.3 Å². The Morgan fingerprint density at radius 3 is 2.82 bits per heavy atom. The number of imidazole rings is 1. The molecule has 0 saturated carbocycles. The zero-order valence-electron chi connectivity index (χ0n) is 22.9. The number of hydrogen-bond acceptors (Lipinski definition) is 14. The van der Waals surface area contributed by atoms with Crippen LogP contribution in [0.25, 0.3) is 22.2 Å². The van der Waals surface area contributed by atoms with Crippen molar-refractivity contribution in [2.45, 2.75) is 41.5 Å². The van der Waals surface area contributed by atoms with Crippen molar-refractivity contribution in [1.82, 2.24) is 34.1 Å². The summed E-state index contributed by atoms with van der Waals surface area (Å²) in [6.45, 7) is -5.27. The number of aromatic nitrogens is 7. The highest BCUT2D eigenvalue weighted by Crippen LogP contribution is 2.54. The zero-order valence-corrected chi connectivity index (χ0v) is 27.2. The highest BCUT2D eigenvalue weighted by atomic mass is 32.5. The molecule has 242 valence electrons. The predicted molar refractivity (Wildman–Crippen MR) is 170 cm³/mol. The summed E-state index contributed by atoms with van der Waals surface area (Å²) in [6.07, 6.45) is 2.57. The molecule has 0 radical (unpaired) electrons. The molecular weight excluding hydrogens is 695 g/mol. The molecule has 2 aliphatic heterocycles. The van der Waals surface area contributed by atoms with Crippen LogP contribution in [0.15, 0.2) is 34.7 Å². The number of nitrogens with zero attached hydrogens (tertiary/aromatic N) is 7. The minimum Gasteiger partial charge on any atom is -0.383 e. The quantitative estimate of drug-likeness (QED) is 0.110. The lowest BCUT2D eigenvalue weighted by molar-refractivity contribution is 0.0269. The maximum Gasteiger partial charge on any atom is 0.324 e. The topological polar surface area (TPSA) is 230 Å². The number of nitrogens with two attached hydrogens (primary N) is 1. The van der Waals surface area contributed by atoms with E-state index < -0.39 is 47.6 Å². The van der Waals surface area contributed by atoms with E-state index in [4.69, 9.17) is 35.8 Å². The van der Waals surface area contributed by atoms with Crippen LogP contribution in [0.3, 0.4) is 0 Å². The number of aliphatic imine (C=N–C) groups is 1. The van der Waals surface area contributed by atoms with E-state index in [2.05, 4.69) is 48.4 Å². The van der Waals surface area contributed by atoms with Crippen molar-refractivity contribution in [2.24, 2.45) is 4.99 Å². The van der Waals surface area contributed by atoms with Gasteiger partial charge in [-0.15, -0.1) is 11.8 Å². The lowest BCUT2D eigenvalue weighted by Gasteiger charge is -2.26. The van der Waals surface area contributed by atoms with Gasteiger partial charge in [-0.1, -0.05) is 0 Å². The molecule has 2 aliphatic rings. The largest absolute Gasteiger partial charge is 0.383 e. The van der Waals surface area contributed by atoms with Gasteiger partial charge in [0.05, 0.1) is 37.1 Å². The van der Waals surface area contributed by atoms with E-state index in [-0.39, 0.29) is 55.6 Å². The third kappa shape index (κ3) is 6.90. The fourth-order valence-electron chi connectivity index (χ4n) is 5.18. The van der Waals surface area contributed by atoms with Gasteiger partial charge in [0.15, 0.2) is 11.2 Å². The van der Waals surface area contributed by atoms with Gasteiger partial charge in [-0.2, -0.15) is 4.98 Å². The average molecular weight is 722 g/mol. The SMILES string of the molecule is C=Nc1nc2c(ncn2[C@@H]2S[C@H](COP(O)(O)=S)C[C@H]2OP(O)(=S)OC[C@@H]2C[C@@](F)(n3ccc4c(N)ncnc43)CO2)c(=O)[nH]1. The Morgan fingerprint density at radius 1 is 1.27 bits per heavy atom. The first kappa shape index (κ1) is 32.7. The zero-order chi connectivity index (χ0) is 32.1. The second-order valence-electron chi connectivity index (χ2n) is 10.2. The Labute approximate surface area is 267 Å². The Hall–Kier alpha value is -2.26. The average Bonchev–Trinajstić information content (AvgIpc) is 3.76. The standard InChI is InChI=1S/C22H26FN9O8P2S3/c1-25-21-29-18-15(19(33)30-21)28-10-31(18)20-14(4-12(45-20)7-38-41(34,35)43)40-42(36,44)39-6-11-5-22(23,8-37-11)32-3-2-13-16(24)26-9-27-17(13)32/h2-3,9-12,14,20H,1,4-8H2,(H,36,44)(H2,24,26,27)(H,29,30,33)(H2,34,35,43)/t11-,12-,14+,20+,22+,42?/m0/s1. The molecule has 6 rings (SSSR count). The van der Waals surface area contributed by atoms with Crippen LogP contribution in [0.2, 0.25) is 0 Å². The van der Waals surface area contributed by atoms with Crippen LogP contribution in [0, 0.1) is 0 Å². The summed E-state index contributed by atoms with van der Waals surface area (Å²) in [5, 5.41) is -0.587. The van der Waals surface area contributed by atoms with Gasteiger partial charge < -0.3 is 38.7 Å². The molecule has 45 heavy (non-hydrogen) atoms. The normalized spacial score (nSPS) is 26.9. The maximum atomic E-state index is 16.0. The smallest absolute Gasteiger partial charge is 0.324 e. The first-order valence-electron chi connectivity index (χ1n) is 13.1. The molecule has 6 heterocycles. The van der Waals surface area contributed by atoms with Crippen LogP contribution in [0.1, 0.15) is 18.2 Å². The molecule has 6 atom stereocenters. The van der Waals surface area contributed by atoms with Gasteiger partial charge in [0.2, 0.25) is 11.7 Å². The first-order chi connectivity index (χ1) is 21.2. The van der Waals surface area contributed by atoms with E-state index in [1.165, 1.54) is 35.2 Å². The number of H-pyrrole nitrogens is 1. The Kier molecular flexibility index (Phi) is 9.00. The number of aromatic amines is 1. The van der Waals surface area contributed by atoms with Gasteiger partial charge in [-0.3, -0.25) is 18.9 Å². The molecule has 17 nitrogen and oxygen atoms in total. The number of halogens is 1. The molecular formula is C22H26FN9O8P2S3. The molecule has 23 heteroatoms. The molecule has 0 aliphatic carbocycles. The number of nitrogen functional groups attached to an aromatic ring is 1. The number of alkyl halides is 1. The van der Waals surface area contributed by atoms with Gasteiger partial charge in [0.1, 0.15) is 29.8 Å². The number of ether oxygens (including phenoxy) is 1. The number of anilines is 1. The van der Waals surface area contributed by atoms with Gasteiger partial charge >= 0.3 is 13.4 Å². The fourth-order valence-corrected chi connectivity index (χ4v) is 8.86. The number of fused-ring (bicyclic) bond motifs is 2. The molecule has 6 N–H and O–H groups in total. The molecule has 0 spiro atoms. The minimum absolute atomic E-state index is 0.0278. The van der Waals surface area contributed by atoms with E-state index in [0.29, 0.717) is 11.0 Å². The molecule has 4 aromatic rings. The van der Waals surface area contributed by atoms with Gasteiger partial charge in [-0.25, -0.2) is 24.3 Å². The van der Waals surface area contributed by atoms with Gasteiger partial charge in [-0.05, 0) is 42.8 Å². The summed E-state index contributed by atoms with van der Waals surface area (Å²) in [7, 11) is 0. The summed E-state index contributed by atoms with van der Waals surface area (Å²) in [5.74, 6) is -1.78. The van der Waals surface area contributed by atoms with E-state index in [9.17, 15) is 19.5 Å². The summed E-state index contributed by atoms with van der Waals surface area (Å²) in [6, 6.07) is 1.62. The summed E-state index contributed by atoms with van der Waals surface area (Å²) in [5.41, 5.74) is 5.85. The molecule has 1 unspecified atom stereocenters. The Bertz CT molecular complexity index is 1920. The van der Waals surface area contributed by atoms with Crippen molar-refractivity contribution in [2.75, 3.05) is 25.6 Å². The molecule has 0 amide bonds. The molecule has 2 fully saturated rings. The van der Waals surface area contributed by atoms with Crippen molar-refractivity contribution in [3.63, 3.8) is 0 Å². The first-order valence-corrected chi connectivity index (χ1v) is 19.2. The predicted octanol–water partition coefficient (Wildman–Crippen LogP) is 1.74. The van der Waals surface area contributed by atoms with Crippen LogP contribution in [-0.2, 0) is 47.7 Å². The molecule has 0 bridgehead atoms. The lowest BCUT2D eigenvalue weighted by Crippen LogP contribution is -2.29. The maximum absolute atomic E-state index is 16.0. The number of nitrogens with one attached hydrogen (secondary N) is 1. The Morgan fingerprint density at radius 2 is 2.07 bits per heavy atom. The number of thioether (sulfide) groups is 1. The summed E-state index contributed by atoms with van der Waals surface area (Å²) in [4.78, 5) is 65.3. The van der Waals surface area contributed by atoms with Crippen LogP contribution in [0.5, 0.6) is 0 Å². The van der Waals surface area contributed by atoms with Crippen LogP contribution >= 0.6 is 25.2 Å². The van der Waals surface area contributed by atoms with Crippen LogP contribution < -0.4 is 11.3 Å². The van der Waals surface area contributed by atoms with Crippen molar-refractivity contribution in [1.29, 1.82) is 0 Å². The summed E-state index contributed by atoms with van der Waals surface area (Å²) < 4.78 is 41.2. The fraction of sp³-hybridized carbons (Fsp3) is 0.455. The third-order valence-electron chi connectivity index (χ3n) is 7.13. The number of rotatable bonds is 11. The van der Waals surface area contributed by atoms with Gasteiger partial charge in [0.25, 0.3) is 5.56 Å². The van der Waals surface area contributed by atoms with E-state index in [0.717, 1.165) is 0 Å². The van der Waals surface area contributed by atoms with E-state index >= 15 is 4.39 Å². The second kappa shape index (κ2) is 12.4. The molecule has 2 saturated heterocycles. The minimum atomic E-state index is -3.97. The van der Waals surface area contributed by atoms with Crippen LogP contribution in [0.4, 0.5) is 16.2 Å². The molecule has 0 aromatic carbocycles. The highest BCUT2D eigenvalue weighted by molar-refractivity contribution is 8.07. The third-order valence-corrected chi connectivity index (χ3v) is 11.0. The van der Waals surface area contributed by atoms with Crippen molar-refractivity contribution in [3.8, 4) is 0 Å². The van der Waals surface area contributed by atoms with E-state index in [1.807, 2.05) is 0 Å². The Balaban J connectivity index is 1.17. The lowest BCUT2D eigenvalue weighted by atomic mass is 10.1. The number of hydrogen-bond donors (Lipinski definition) is 5. The van der Waals surface area contributed by atoms with Crippen LogP contribution in [-0.4, -0.2) is 92.7 Å². The monoisotopic (exact) mass is 721 g/mol. The molecule has 4 aromatic heterocycles. The van der Waals surface area contributed by atoms with Crippen molar-refractivity contribution < 1.29 is 37.4 Å². The van der Waals surface area contributed by atoms with Crippen molar-refractivity contribution >= 4 is 89.5 Å². The van der Waals surface area contributed by atoms with E-state index in [1.54, 1.807) is 10.6 Å². The summed E-state index contributed by atoms with van der Waals surface area (Å²) >= 11 is 11.1. The van der Waals surface area contributed by atoms with Gasteiger partial charge in [0, 0.05) is 17.9 Å².